The fourth-order valence-electron chi connectivity index (χ4n) is 6.78. The number of hydrogen-bond acceptors (Lipinski definition) is 10. The zero-order chi connectivity index (χ0) is 32.9. The summed E-state index contributed by atoms with van der Waals surface area (Å²) >= 11 is 0. The first-order valence-corrected chi connectivity index (χ1v) is 16.9. The predicted octanol–water partition coefficient (Wildman–Crippen LogP) is 4.32. The van der Waals surface area contributed by atoms with Crippen molar-refractivity contribution in [3.8, 4) is 5.88 Å². The molecule has 3 aromatic heterocycles. The van der Waals surface area contributed by atoms with Crippen LogP contribution in [0.25, 0.3) is 11.0 Å². The Labute approximate surface area is 269 Å². The van der Waals surface area contributed by atoms with E-state index >= 15 is 0 Å². The molecule has 4 aromatic rings. The Kier molecular flexibility index (Phi) is 8.36. The molecule has 1 unspecified atom stereocenters. The average molecular weight is 649 g/mol. The monoisotopic (exact) mass is 648 g/mol. The second-order valence-corrected chi connectivity index (χ2v) is 14.6. The normalized spacial score (nSPS) is 18.5. The van der Waals surface area contributed by atoms with Gasteiger partial charge in [0.25, 0.3) is 0 Å². The van der Waals surface area contributed by atoms with Gasteiger partial charge in [0.2, 0.25) is 15.9 Å². The van der Waals surface area contributed by atoms with Gasteiger partial charge in [-0.1, -0.05) is 17.3 Å². The molecule has 0 aliphatic carbocycles. The number of sulfonamides is 1. The Morgan fingerprint density at radius 2 is 1.91 bits per heavy atom. The molecule has 46 heavy (non-hydrogen) atoms. The molecule has 1 spiro atoms. The van der Waals surface area contributed by atoms with E-state index in [9.17, 15) is 13.2 Å². The zero-order valence-corrected chi connectivity index (χ0v) is 27.9. The first-order chi connectivity index (χ1) is 21.9. The van der Waals surface area contributed by atoms with Gasteiger partial charge in [0.15, 0.2) is 0 Å². The molecule has 6 rings (SSSR count). The molecular weight excluding hydrogens is 608 g/mol. The molecule has 2 aliphatic rings. The highest BCUT2D eigenvalue weighted by Gasteiger charge is 2.46. The van der Waals surface area contributed by atoms with Gasteiger partial charge in [-0.05, 0) is 75.1 Å². The first-order valence-electron chi connectivity index (χ1n) is 15.5. The predicted molar refractivity (Wildman–Crippen MR) is 170 cm³/mol. The Morgan fingerprint density at radius 1 is 1.15 bits per heavy atom. The minimum Gasteiger partial charge on any atom is -0.469 e. The number of hydrogen-bond donors (Lipinski definition) is 0. The van der Waals surface area contributed by atoms with Crippen LogP contribution in [0.1, 0.15) is 67.5 Å². The number of aryl methyl sites for hydroxylation is 3. The number of carbonyl (C=O) groups is 1. The van der Waals surface area contributed by atoms with Crippen LogP contribution in [0.15, 0.2) is 47.6 Å². The van der Waals surface area contributed by atoms with E-state index in [2.05, 4.69) is 15.3 Å². The van der Waals surface area contributed by atoms with Crippen LogP contribution in [0, 0.1) is 19.3 Å². The van der Waals surface area contributed by atoms with Crippen LogP contribution in [-0.2, 0) is 37.4 Å². The number of esters is 1. The van der Waals surface area contributed by atoms with E-state index in [1.165, 1.54) is 17.5 Å². The number of nitrogens with zero attached hydrogens (tertiary/aromatic N) is 6. The van der Waals surface area contributed by atoms with E-state index in [0.29, 0.717) is 38.3 Å². The molecule has 0 N–H and O–H groups in total. The van der Waals surface area contributed by atoms with Crippen LogP contribution >= 0.6 is 0 Å². The highest BCUT2D eigenvalue weighted by molar-refractivity contribution is 7.89. The van der Waals surface area contributed by atoms with Crippen molar-refractivity contribution in [3.05, 3.63) is 70.7 Å². The summed E-state index contributed by atoms with van der Waals surface area (Å²) in [5, 5.41) is 8.75. The Bertz CT molecular complexity index is 1900. The van der Waals surface area contributed by atoms with Crippen molar-refractivity contribution >= 4 is 27.0 Å². The smallest absolute Gasteiger partial charge is 0.312 e. The molecule has 5 heterocycles. The lowest BCUT2D eigenvalue weighted by Gasteiger charge is -2.38. The van der Waals surface area contributed by atoms with Crippen molar-refractivity contribution in [2.75, 3.05) is 26.9 Å². The number of ether oxygens (including phenoxy) is 3. The molecule has 0 amide bonds. The van der Waals surface area contributed by atoms with E-state index in [0.717, 1.165) is 33.3 Å². The quantitative estimate of drug-likeness (QED) is 0.266. The lowest BCUT2D eigenvalue weighted by atomic mass is 9.70. The minimum atomic E-state index is -3.99. The van der Waals surface area contributed by atoms with E-state index in [4.69, 9.17) is 19.2 Å². The van der Waals surface area contributed by atoms with Crippen molar-refractivity contribution in [2.24, 2.45) is 5.41 Å². The van der Waals surface area contributed by atoms with Gasteiger partial charge >= 0.3 is 5.97 Å². The van der Waals surface area contributed by atoms with E-state index in [1.54, 1.807) is 18.5 Å². The van der Waals surface area contributed by atoms with Crippen molar-refractivity contribution < 1.29 is 27.4 Å². The molecule has 12 nitrogen and oxygen atoms in total. The van der Waals surface area contributed by atoms with Gasteiger partial charge in [-0.3, -0.25) is 9.78 Å². The van der Waals surface area contributed by atoms with Crippen LogP contribution in [0.5, 0.6) is 5.88 Å². The third-order valence-corrected chi connectivity index (χ3v) is 11.3. The Hall–Kier alpha value is -3.94. The summed E-state index contributed by atoms with van der Waals surface area (Å²) in [6.45, 7) is 11.4. The largest absolute Gasteiger partial charge is 0.469 e. The van der Waals surface area contributed by atoms with Crippen molar-refractivity contribution in [3.63, 3.8) is 0 Å². The highest BCUT2D eigenvalue weighted by atomic mass is 32.2. The summed E-state index contributed by atoms with van der Waals surface area (Å²) in [6.07, 6.45) is 4.37. The molecule has 1 fully saturated rings. The molecule has 0 radical (unpaired) electrons. The van der Waals surface area contributed by atoms with Crippen LogP contribution in [0.2, 0.25) is 0 Å². The maximum atomic E-state index is 14.2. The van der Waals surface area contributed by atoms with Crippen LogP contribution in [-0.4, -0.2) is 76.1 Å². The summed E-state index contributed by atoms with van der Waals surface area (Å²) in [7, 11) is -2.60. The van der Waals surface area contributed by atoms with Gasteiger partial charge in [-0.15, -0.1) is 5.10 Å². The summed E-state index contributed by atoms with van der Waals surface area (Å²) in [6, 6.07) is 9.09. The zero-order valence-electron chi connectivity index (χ0n) is 27.1. The maximum Gasteiger partial charge on any atom is 0.312 e. The van der Waals surface area contributed by atoms with Crippen LogP contribution < -0.4 is 4.74 Å². The number of fused-ring (bicyclic) bond motifs is 2. The standard InChI is InChI=1S/C33H40N6O6S/c1-7-39-26-11-10-25(21(2)29(26)36-37-39)28(32(4,5)31(40)43-6)23-17-24(22(3)35-18-23)19-38-20-33(12-15-44-16-13-33)45-30-27(46(38,41)42)9-8-14-34-30/h8-11,14,17-18,28H,7,12-13,15-16,19-20H2,1-6H3. The molecule has 0 bridgehead atoms. The number of rotatable bonds is 7. The Morgan fingerprint density at radius 3 is 2.63 bits per heavy atom. The summed E-state index contributed by atoms with van der Waals surface area (Å²) in [4.78, 5) is 22.4. The number of methoxy groups -OCH3 is 1. The number of aromatic nitrogens is 5. The first kappa shape index (κ1) is 32.0. The summed E-state index contributed by atoms with van der Waals surface area (Å²) in [5.41, 5.74) is 3.83. The number of pyridine rings is 2. The van der Waals surface area contributed by atoms with Gasteiger partial charge in [0.1, 0.15) is 16.0 Å². The molecule has 1 aromatic carbocycles. The van der Waals surface area contributed by atoms with Gasteiger partial charge in [0, 0.05) is 49.9 Å². The van der Waals surface area contributed by atoms with Gasteiger partial charge in [-0.25, -0.2) is 18.1 Å². The summed E-state index contributed by atoms with van der Waals surface area (Å²) in [5.74, 6) is -0.755. The Balaban J connectivity index is 1.46. The molecule has 0 saturated carbocycles. The third-order valence-electron chi connectivity index (χ3n) is 9.45. The van der Waals surface area contributed by atoms with Gasteiger partial charge in [-0.2, -0.15) is 4.31 Å². The van der Waals surface area contributed by atoms with Gasteiger partial charge in [0.05, 0.1) is 37.8 Å². The number of carbonyl (C=O) groups excluding carboxylic acids is 1. The molecule has 2 aliphatic heterocycles. The van der Waals surface area contributed by atoms with Gasteiger partial charge < -0.3 is 14.2 Å². The van der Waals surface area contributed by atoms with Crippen LogP contribution in [0.4, 0.5) is 0 Å². The second-order valence-electron chi connectivity index (χ2n) is 12.7. The molecule has 244 valence electrons. The van der Waals surface area contributed by atoms with Crippen LogP contribution in [0.3, 0.4) is 0 Å². The minimum absolute atomic E-state index is 0.0360. The molecule has 1 atom stereocenters. The average Bonchev–Trinajstić information content (AvgIpc) is 3.44. The van der Waals surface area contributed by atoms with Crippen molar-refractivity contribution in [2.45, 2.75) is 77.0 Å². The number of benzene rings is 1. The van der Waals surface area contributed by atoms with E-state index < -0.39 is 27.0 Å². The van der Waals surface area contributed by atoms with E-state index in [-0.39, 0.29) is 29.8 Å². The van der Waals surface area contributed by atoms with Crippen molar-refractivity contribution in [1.29, 1.82) is 0 Å². The molecular formula is C33H40N6O6S. The topological polar surface area (TPSA) is 139 Å². The summed E-state index contributed by atoms with van der Waals surface area (Å²) < 4.78 is 48.9. The van der Waals surface area contributed by atoms with Crippen molar-refractivity contribution in [1.82, 2.24) is 29.3 Å². The fraction of sp³-hybridized carbons (Fsp3) is 0.485. The van der Waals surface area contributed by atoms with E-state index in [1.807, 2.05) is 57.5 Å². The molecule has 1 saturated heterocycles. The maximum absolute atomic E-state index is 14.2. The second kappa shape index (κ2) is 12.0. The lowest BCUT2D eigenvalue weighted by Crippen LogP contribution is -2.50. The highest BCUT2D eigenvalue weighted by Crippen LogP contribution is 2.45. The third kappa shape index (κ3) is 5.43. The lowest BCUT2D eigenvalue weighted by molar-refractivity contribution is -0.151. The molecule has 13 heteroatoms. The fourth-order valence-corrected chi connectivity index (χ4v) is 8.33. The SMILES string of the molecule is CCn1nnc2c(C)c(C(c3cnc(C)c(CN4CC5(CCOCC5)Oc5ncccc5S4(=O)=O)c3)C(C)(C)C(=O)OC)ccc21.